The topological polar surface area (TPSA) is 85.1 Å². The van der Waals surface area contributed by atoms with E-state index in [1.165, 1.54) is 11.3 Å². The fourth-order valence-corrected chi connectivity index (χ4v) is 4.58. The standard InChI is InChI=1S/C25H21BrN4O2S/c1-16-3-7-19(8-4-16)23(31)29-30(24(27)32,21-13-5-17(2)6-14-21)25-28-22(15-33-25)18-9-11-20(26)12-10-18/h3-15H,1-2H3,(H2-,27,29,31,32)/p+1. The van der Waals surface area contributed by atoms with Gasteiger partial charge in [-0.3, -0.25) is 4.79 Å². The number of nitrogens with one attached hydrogen (secondary N) is 1. The Kier molecular flexibility index (Phi) is 6.42. The number of aromatic nitrogens is 1. The number of halogens is 1. The van der Waals surface area contributed by atoms with Gasteiger partial charge in [0.25, 0.3) is 5.91 Å². The Morgan fingerprint density at radius 1 is 0.909 bits per heavy atom. The summed E-state index contributed by atoms with van der Waals surface area (Å²) in [7, 11) is 0. The zero-order valence-corrected chi connectivity index (χ0v) is 20.5. The summed E-state index contributed by atoms with van der Waals surface area (Å²) in [5, 5.41) is 2.19. The third-order valence-electron chi connectivity index (χ3n) is 5.25. The molecule has 0 fully saturated rings. The third-order valence-corrected chi connectivity index (χ3v) is 6.70. The van der Waals surface area contributed by atoms with Crippen LogP contribution in [-0.4, -0.2) is 16.9 Å². The highest BCUT2D eigenvalue weighted by Gasteiger charge is 2.46. The van der Waals surface area contributed by atoms with E-state index in [4.69, 9.17) is 10.7 Å². The van der Waals surface area contributed by atoms with Crippen molar-refractivity contribution in [1.82, 2.24) is 15.0 Å². The molecule has 0 aliphatic carbocycles. The van der Waals surface area contributed by atoms with Crippen molar-refractivity contribution in [3.63, 3.8) is 0 Å². The number of thiazole rings is 1. The molecule has 1 atom stereocenters. The third kappa shape index (κ3) is 4.59. The SMILES string of the molecule is Cc1ccc(C(=O)N[N+](C(N)=O)(c2ccc(C)cc2)c2nc(-c3ccc(Br)cc3)cs2)cc1. The number of rotatable bonds is 4. The second kappa shape index (κ2) is 9.27. The molecule has 0 saturated heterocycles. The van der Waals surface area contributed by atoms with Gasteiger partial charge < -0.3 is 5.73 Å². The molecule has 33 heavy (non-hydrogen) atoms. The summed E-state index contributed by atoms with van der Waals surface area (Å²) in [6.07, 6.45) is 0. The minimum atomic E-state index is -0.768. The molecular formula is C25H22BrN4O2S+. The first-order valence-electron chi connectivity index (χ1n) is 10.2. The Morgan fingerprint density at radius 2 is 1.48 bits per heavy atom. The van der Waals surface area contributed by atoms with Crippen LogP contribution >= 0.6 is 27.3 Å². The number of nitrogens with zero attached hydrogens (tertiary/aromatic N) is 2. The molecule has 3 N–H and O–H groups in total. The summed E-state index contributed by atoms with van der Waals surface area (Å²) in [6, 6.07) is 21.3. The number of benzene rings is 3. The Balaban J connectivity index is 1.84. The largest absolute Gasteiger partial charge is 0.451 e. The van der Waals surface area contributed by atoms with Gasteiger partial charge in [0, 0.05) is 33.1 Å². The van der Waals surface area contributed by atoms with Crippen LogP contribution < -0.4 is 15.8 Å². The monoisotopic (exact) mass is 521 g/mol. The highest BCUT2D eigenvalue weighted by Crippen LogP contribution is 2.37. The lowest BCUT2D eigenvalue weighted by molar-refractivity contribution is 0.0881. The van der Waals surface area contributed by atoms with Crippen LogP contribution in [0.25, 0.3) is 11.3 Å². The van der Waals surface area contributed by atoms with Gasteiger partial charge in [0.05, 0.1) is 5.69 Å². The lowest BCUT2D eigenvalue weighted by Crippen LogP contribution is -2.63. The summed E-state index contributed by atoms with van der Waals surface area (Å²) in [4.78, 5) is 31.0. The van der Waals surface area contributed by atoms with Gasteiger partial charge in [0.15, 0.2) is 5.69 Å². The molecule has 0 spiro atoms. The minimum absolute atomic E-state index is 0.338. The molecule has 3 amide bonds. The van der Waals surface area contributed by atoms with E-state index in [1.807, 2.05) is 67.8 Å². The van der Waals surface area contributed by atoms with Crippen LogP contribution in [0.5, 0.6) is 0 Å². The molecule has 0 saturated carbocycles. The lowest BCUT2D eigenvalue weighted by atomic mass is 10.1. The van der Waals surface area contributed by atoms with Gasteiger partial charge in [0.2, 0.25) is 0 Å². The van der Waals surface area contributed by atoms with Crippen molar-refractivity contribution in [2.45, 2.75) is 13.8 Å². The molecule has 4 rings (SSSR count). The van der Waals surface area contributed by atoms with E-state index in [0.717, 1.165) is 21.2 Å². The first-order chi connectivity index (χ1) is 15.8. The van der Waals surface area contributed by atoms with Crippen molar-refractivity contribution < 1.29 is 9.59 Å². The fraction of sp³-hybridized carbons (Fsp3) is 0.0800. The van der Waals surface area contributed by atoms with Crippen molar-refractivity contribution in [2.75, 3.05) is 0 Å². The van der Waals surface area contributed by atoms with Crippen LogP contribution in [0.15, 0.2) is 82.6 Å². The maximum Gasteiger partial charge on any atom is 0.451 e. The van der Waals surface area contributed by atoms with E-state index in [-0.39, 0.29) is 0 Å². The second-order valence-corrected chi connectivity index (χ2v) is 9.43. The predicted molar refractivity (Wildman–Crippen MR) is 136 cm³/mol. The molecule has 1 aromatic heterocycles. The van der Waals surface area contributed by atoms with E-state index in [0.29, 0.717) is 22.1 Å². The van der Waals surface area contributed by atoms with Gasteiger partial charge in [-0.1, -0.05) is 74.8 Å². The summed E-state index contributed by atoms with van der Waals surface area (Å²) in [5.41, 5.74) is 13.3. The normalized spacial score (nSPS) is 12.7. The van der Waals surface area contributed by atoms with Gasteiger partial charge in [-0.25, -0.2) is 4.79 Å². The molecule has 6 nitrogen and oxygen atoms in total. The van der Waals surface area contributed by atoms with E-state index in [2.05, 4.69) is 21.4 Å². The molecule has 0 radical (unpaired) electrons. The number of hydrogen-bond donors (Lipinski definition) is 2. The number of quaternary nitrogens is 1. The summed E-state index contributed by atoms with van der Waals surface area (Å²) >= 11 is 4.69. The van der Waals surface area contributed by atoms with E-state index in [9.17, 15) is 9.59 Å². The van der Waals surface area contributed by atoms with Crippen LogP contribution in [-0.2, 0) is 0 Å². The van der Waals surface area contributed by atoms with E-state index < -0.39 is 16.5 Å². The van der Waals surface area contributed by atoms with Gasteiger partial charge in [-0.15, -0.1) is 0 Å². The number of nitrogens with two attached hydrogens (primary N) is 1. The van der Waals surface area contributed by atoms with Crippen LogP contribution in [0.3, 0.4) is 0 Å². The molecule has 8 heteroatoms. The Labute approximate surface area is 204 Å². The average molecular weight is 522 g/mol. The van der Waals surface area contributed by atoms with Gasteiger partial charge in [-0.2, -0.15) is 10.4 Å². The van der Waals surface area contributed by atoms with Gasteiger partial charge in [0.1, 0.15) is 0 Å². The van der Waals surface area contributed by atoms with Crippen molar-refractivity contribution >= 4 is 50.0 Å². The maximum atomic E-state index is 13.2. The molecular weight excluding hydrogens is 500 g/mol. The van der Waals surface area contributed by atoms with E-state index >= 15 is 0 Å². The van der Waals surface area contributed by atoms with Crippen LogP contribution in [0.4, 0.5) is 15.6 Å². The molecule has 0 bridgehead atoms. The van der Waals surface area contributed by atoms with Crippen molar-refractivity contribution in [1.29, 1.82) is 0 Å². The van der Waals surface area contributed by atoms with Crippen molar-refractivity contribution in [3.05, 3.63) is 99.3 Å². The smallest absolute Gasteiger partial charge is 0.316 e. The Bertz CT molecular complexity index is 1300. The lowest BCUT2D eigenvalue weighted by Gasteiger charge is -2.29. The van der Waals surface area contributed by atoms with Crippen molar-refractivity contribution in [3.8, 4) is 11.3 Å². The number of primary amides is 1. The molecule has 166 valence electrons. The number of carbonyl (C=O) groups excluding carboxylic acids is 2. The van der Waals surface area contributed by atoms with E-state index in [1.54, 1.807) is 24.3 Å². The van der Waals surface area contributed by atoms with Crippen LogP contribution in [0.2, 0.25) is 0 Å². The second-order valence-electron chi connectivity index (χ2n) is 7.67. The van der Waals surface area contributed by atoms with Gasteiger partial charge >= 0.3 is 11.2 Å². The minimum Gasteiger partial charge on any atom is -0.316 e. The maximum absolute atomic E-state index is 13.2. The number of amides is 3. The number of hydrogen-bond acceptors (Lipinski definition) is 4. The highest BCUT2D eigenvalue weighted by atomic mass is 79.9. The molecule has 1 unspecified atom stereocenters. The highest BCUT2D eigenvalue weighted by molar-refractivity contribution is 9.10. The average Bonchev–Trinajstić information content (AvgIpc) is 3.29. The Morgan fingerprint density at radius 3 is 2.06 bits per heavy atom. The summed E-state index contributed by atoms with van der Waals surface area (Å²) in [5.74, 6) is -0.435. The quantitative estimate of drug-likeness (QED) is 0.245. The first kappa shape index (κ1) is 22.8. The summed E-state index contributed by atoms with van der Waals surface area (Å²) in [6.45, 7) is 3.89. The zero-order valence-electron chi connectivity index (χ0n) is 18.1. The molecule has 3 aromatic carbocycles. The Hall–Kier alpha value is -3.33. The molecule has 4 aromatic rings. The molecule has 1 heterocycles. The first-order valence-corrected chi connectivity index (χ1v) is 11.8. The fourth-order valence-electron chi connectivity index (χ4n) is 3.36. The number of carbonyl (C=O) groups is 2. The number of urea groups is 1. The van der Waals surface area contributed by atoms with Crippen LogP contribution in [0, 0.1) is 13.8 Å². The predicted octanol–water partition coefficient (Wildman–Crippen LogP) is 6.25. The number of aryl methyl sites for hydroxylation is 2. The van der Waals surface area contributed by atoms with Gasteiger partial charge in [-0.05, 0) is 42.7 Å². The van der Waals surface area contributed by atoms with Crippen molar-refractivity contribution in [2.24, 2.45) is 5.73 Å². The molecule has 0 aliphatic rings. The molecule has 0 aliphatic heterocycles. The summed E-state index contributed by atoms with van der Waals surface area (Å²) < 4.78 is 0.225. The van der Waals surface area contributed by atoms with Crippen LogP contribution in [0.1, 0.15) is 21.5 Å². The zero-order chi connectivity index (χ0) is 23.6.